The molecule has 2 atom stereocenters. The molecule has 136 valence electrons. The van der Waals surface area contributed by atoms with E-state index in [0.29, 0.717) is 4.90 Å². The van der Waals surface area contributed by atoms with E-state index in [0.717, 1.165) is 26.2 Å². The number of thiophene rings is 1. The van der Waals surface area contributed by atoms with Crippen molar-refractivity contribution in [1.29, 1.82) is 0 Å². The van der Waals surface area contributed by atoms with Crippen molar-refractivity contribution in [3.05, 3.63) is 52.7 Å². The summed E-state index contributed by atoms with van der Waals surface area (Å²) in [6, 6.07) is 12.8. The Bertz CT molecular complexity index is 755. The first-order valence-electron chi connectivity index (χ1n) is 8.74. The van der Waals surface area contributed by atoms with Gasteiger partial charge in [-0.25, -0.2) is 13.1 Å². The first kappa shape index (κ1) is 18.5. The van der Waals surface area contributed by atoms with E-state index in [1.54, 1.807) is 40.5 Å². The molecule has 2 heterocycles. The molecule has 5 nitrogen and oxygen atoms in total. The molecule has 7 heteroatoms. The SMILES string of the molecule is C[C@H](NS(=O)(=O)c1ccccc1)[C@@H](c1cccs1)[NH+]1CC[NH+](C)CC1. The maximum absolute atomic E-state index is 12.7. The second kappa shape index (κ2) is 7.97. The predicted molar refractivity (Wildman–Crippen MR) is 101 cm³/mol. The summed E-state index contributed by atoms with van der Waals surface area (Å²) >= 11 is 1.71. The van der Waals surface area contributed by atoms with E-state index < -0.39 is 10.0 Å². The summed E-state index contributed by atoms with van der Waals surface area (Å²) in [6.45, 7) is 6.35. The summed E-state index contributed by atoms with van der Waals surface area (Å²) in [5.41, 5.74) is 0. The van der Waals surface area contributed by atoms with Crippen LogP contribution in [0.3, 0.4) is 0 Å². The van der Waals surface area contributed by atoms with Gasteiger partial charge in [0.1, 0.15) is 32.2 Å². The number of piperazine rings is 1. The standard InChI is InChI=1S/C18H25N3O2S2/c1-15(19-25(22,23)16-7-4-3-5-8-16)18(17-9-6-14-24-17)21-12-10-20(2)11-13-21/h3-9,14-15,18-19H,10-13H2,1-2H3/p+2/t15-,18-/m0/s1. The highest BCUT2D eigenvalue weighted by atomic mass is 32.2. The van der Waals surface area contributed by atoms with E-state index in [2.05, 4.69) is 23.2 Å². The van der Waals surface area contributed by atoms with Crippen molar-refractivity contribution in [2.24, 2.45) is 0 Å². The van der Waals surface area contributed by atoms with Gasteiger partial charge in [0.2, 0.25) is 10.0 Å². The van der Waals surface area contributed by atoms with Crippen molar-refractivity contribution < 1.29 is 18.2 Å². The fourth-order valence-electron chi connectivity index (χ4n) is 3.56. The number of hydrogen-bond acceptors (Lipinski definition) is 3. The minimum Gasteiger partial charge on any atom is -0.328 e. The molecular weight excluding hydrogens is 354 g/mol. The van der Waals surface area contributed by atoms with Crippen LogP contribution in [0, 0.1) is 0 Å². The number of quaternary nitrogens is 2. The molecule has 0 aliphatic carbocycles. The zero-order chi connectivity index (χ0) is 17.9. The lowest BCUT2D eigenvalue weighted by molar-refractivity contribution is -1.02. The Balaban J connectivity index is 1.81. The lowest BCUT2D eigenvalue weighted by Crippen LogP contribution is -3.27. The molecule has 1 aromatic heterocycles. The van der Waals surface area contributed by atoms with Gasteiger partial charge in [0.15, 0.2) is 0 Å². The average molecular weight is 382 g/mol. The Hall–Kier alpha value is -1.25. The second-order valence-corrected chi connectivity index (χ2v) is 9.52. The van der Waals surface area contributed by atoms with Crippen LogP contribution in [0.15, 0.2) is 52.7 Å². The van der Waals surface area contributed by atoms with Crippen LogP contribution in [0.25, 0.3) is 0 Å². The molecule has 1 aliphatic heterocycles. The van der Waals surface area contributed by atoms with Crippen molar-refractivity contribution in [2.45, 2.75) is 23.9 Å². The average Bonchev–Trinajstić information content (AvgIpc) is 3.11. The molecule has 0 bridgehead atoms. The summed E-state index contributed by atoms with van der Waals surface area (Å²) in [5, 5.41) is 2.07. The molecule has 1 saturated heterocycles. The topological polar surface area (TPSA) is 55.0 Å². The fraction of sp³-hybridized carbons (Fsp3) is 0.444. The highest BCUT2D eigenvalue weighted by molar-refractivity contribution is 7.89. The minimum atomic E-state index is -3.51. The molecule has 25 heavy (non-hydrogen) atoms. The fourth-order valence-corrected chi connectivity index (χ4v) is 5.82. The van der Waals surface area contributed by atoms with Crippen molar-refractivity contribution in [3.63, 3.8) is 0 Å². The molecule has 3 N–H and O–H groups in total. The van der Waals surface area contributed by atoms with Gasteiger partial charge in [0.25, 0.3) is 0 Å². The van der Waals surface area contributed by atoms with Gasteiger partial charge in [0, 0.05) is 0 Å². The summed E-state index contributed by atoms with van der Waals surface area (Å²) < 4.78 is 28.4. The third-order valence-corrected chi connectivity index (χ3v) is 7.46. The number of hydrogen-bond donors (Lipinski definition) is 3. The lowest BCUT2D eigenvalue weighted by atomic mass is 10.1. The van der Waals surface area contributed by atoms with E-state index in [4.69, 9.17) is 0 Å². The second-order valence-electron chi connectivity index (χ2n) is 6.83. The van der Waals surface area contributed by atoms with Crippen molar-refractivity contribution in [3.8, 4) is 0 Å². The molecule has 1 fully saturated rings. The van der Waals surface area contributed by atoms with Crippen LogP contribution >= 0.6 is 11.3 Å². The van der Waals surface area contributed by atoms with Crippen LogP contribution in [0.5, 0.6) is 0 Å². The van der Waals surface area contributed by atoms with Crippen molar-refractivity contribution >= 4 is 21.4 Å². The molecule has 0 spiro atoms. The first-order valence-corrected chi connectivity index (χ1v) is 11.1. The Morgan fingerprint density at radius 1 is 1.04 bits per heavy atom. The third kappa shape index (κ3) is 4.48. The molecule has 0 radical (unpaired) electrons. The molecular formula is C18H27N3O2S2+2. The van der Waals surface area contributed by atoms with Crippen LogP contribution in [-0.2, 0) is 10.0 Å². The third-order valence-electron chi connectivity index (χ3n) is 4.93. The van der Waals surface area contributed by atoms with E-state index in [9.17, 15) is 8.42 Å². The molecule has 0 amide bonds. The lowest BCUT2D eigenvalue weighted by Gasteiger charge is -2.35. The number of likely N-dealkylation sites (N-methyl/N-ethyl adjacent to an activating group) is 1. The number of sulfonamides is 1. The Morgan fingerprint density at radius 3 is 2.32 bits per heavy atom. The summed E-state index contributed by atoms with van der Waals surface area (Å²) in [6.07, 6.45) is 0. The zero-order valence-electron chi connectivity index (χ0n) is 14.7. The highest BCUT2D eigenvalue weighted by Crippen LogP contribution is 2.21. The summed E-state index contributed by atoms with van der Waals surface area (Å²) in [5.74, 6) is 0. The van der Waals surface area contributed by atoms with Gasteiger partial charge in [-0.2, -0.15) is 0 Å². The van der Waals surface area contributed by atoms with Crippen LogP contribution < -0.4 is 14.5 Å². The largest absolute Gasteiger partial charge is 0.328 e. The van der Waals surface area contributed by atoms with Gasteiger partial charge >= 0.3 is 0 Å². The number of nitrogens with one attached hydrogen (secondary N) is 3. The van der Waals surface area contributed by atoms with Crippen LogP contribution in [0.1, 0.15) is 17.8 Å². The minimum absolute atomic E-state index is 0.145. The number of benzene rings is 1. The van der Waals surface area contributed by atoms with Gasteiger partial charge in [-0.1, -0.05) is 24.3 Å². The van der Waals surface area contributed by atoms with Gasteiger partial charge < -0.3 is 9.80 Å². The highest BCUT2D eigenvalue weighted by Gasteiger charge is 2.36. The predicted octanol–water partition coefficient (Wildman–Crippen LogP) is -0.431. The van der Waals surface area contributed by atoms with Crippen molar-refractivity contribution in [2.75, 3.05) is 33.2 Å². The monoisotopic (exact) mass is 381 g/mol. The van der Waals surface area contributed by atoms with E-state index in [-0.39, 0.29) is 12.1 Å². The van der Waals surface area contributed by atoms with Gasteiger partial charge in [-0.3, -0.25) is 0 Å². The Morgan fingerprint density at radius 2 is 1.72 bits per heavy atom. The van der Waals surface area contributed by atoms with Crippen LogP contribution in [-0.4, -0.2) is 47.7 Å². The molecule has 0 saturated carbocycles. The summed E-state index contributed by atoms with van der Waals surface area (Å²) in [4.78, 5) is 4.59. The number of rotatable bonds is 6. The Labute approximate surface area is 154 Å². The van der Waals surface area contributed by atoms with Gasteiger partial charge in [0.05, 0.1) is 22.9 Å². The molecule has 0 unspecified atom stereocenters. The van der Waals surface area contributed by atoms with Gasteiger partial charge in [-0.15, -0.1) is 11.3 Å². The quantitative estimate of drug-likeness (QED) is 0.636. The van der Waals surface area contributed by atoms with E-state index >= 15 is 0 Å². The normalized spacial score (nSPS) is 23.9. The maximum Gasteiger partial charge on any atom is 0.241 e. The zero-order valence-corrected chi connectivity index (χ0v) is 16.4. The van der Waals surface area contributed by atoms with E-state index in [1.165, 1.54) is 9.78 Å². The molecule has 1 aromatic carbocycles. The molecule has 3 rings (SSSR count). The Kier molecular flexibility index (Phi) is 5.91. The van der Waals surface area contributed by atoms with Crippen LogP contribution in [0.2, 0.25) is 0 Å². The van der Waals surface area contributed by atoms with Gasteiger partial charge in [-0.05, 0) is 30.5 Å². The maximum atomic E-state index is 12.7. The van der Waals surface area contributed by atoms with E-state index in [1.807, 2.05) is 19.1 Å². The summed E-state index contributed by atoms with van der Waals surface area (Å²) in [7, 11) is -1.29. The first-order chi connectivity index (χ1) is 12.0. The van der Waals surface area contributed by atoms with Crippen LogP contribution in [0.4, 0.5) is 0 Å². The molecule has 1 aliphatic rings. The smallest absolute Gasteiger partial charge is 0.241 e. The van der Waals surface area contributed by atoms with Crippen molar-refractivity contribution in [1.82, 2.24) is 4.72 Å². The molecule has 2 aromatic rings.